The Bertz CT molecular complexity index is 841. The third kappa shape index (κ3) is 3.25. The van der Waals surface area contributed by atoms with Crippen LogP contribution in [0.1, 0.15) is 42.5 Å². The number of pyridine rings is 1. The van der Waals surface area contributed by atoms with E-state index in [2.05, 4.69) is 4.98 Å². The molecular formula is C21H22N2O3. The molecule has 1 amide bonds. The molecule has 0 saturated carbocycles. The number of carbonyl (C=O) groups is 2. The van der Waals surface area contributed by atoms with Gasteiger partial charge in [0.25, 0.3) is 11.7 Å². The molecule has 1 aliphatic rings. The second-order valence-electron chi connectivity index (χ2n) is 6.50. The number of rotatable bonds is 5. The number of carbonyl (C=O) groups excluding carboxylic acids is 2. The lowest BCUT2D eigenvalue weighted by Crippen LogP contribution is -2.30. The van der Waals surface area contributed by atoms with E-state index in [1.807, 2.05) is 32.0 Å². The third-order valence-electron chi connectivity index (χ3n) is 4.62. The lowest BCUT2D eigenvalue weighted by Gasteiger charge is -2.24. The van der Waals surface area contributed by atoms with Gasteiger partial charge in [-0.05, 0) is 25.0 Å². The van der Waals surface area contributed by atoms with Gasteiger partial charge in [-0.15, -0.1) is 0 Å². The summed E-state index contributed by atoms with van der Waals surface area (Å²) in [6.07, 6.45) is 4.97. The molecule has 1 atom stereocenters. The van der Waals surface area contributed by atoms with Crippen LogP contribution in [0.15, 0.2) is 54.4 Å². The topological polar surface area (TPSA) is 70.5 Å². The van der Waals surface area contributed by atoms with Crippen LogP contribution >= 0.6 is 0 Å². The summed E-state index contributed by atoms with van der Waals surface area (Å²) in [5.74, 6) is -1.36. The molecule has 0 spiro atoms. The van der Waals surface area contributed by atoms with Crippen molar-refractivity contribution in [1.82, 2.24) is 9.88 Å². The van der Waals surface area contributed by atoms with Crippen molar-refractivity contribution in [3.05, 3.63) is 71.1 Å². The smallest absolute Gasteiger partial charge is 0.295 e. The molecule has 26 heavy (non-hydrogen) atoms. The molecule has 0 radical (unpaired) electrons. The van der Waals surface area contributed by atoms with Crippen LogP contribution in [0.4, 0.5) is 0 Å². The van der Waals surface area contributed by atoms with Crippen LogP contribution < -0.4 is 0 Å². The predicted octanol–water partition coefficient (Wildman–Crippen LogP) is 3.61. The molecule has 2 aromatic rings. The van der Waals surface area contributed by atoms with Gasteiger partial charge in [-0.1, -0.05) is 49.2 Å². The van der Waals surface area contributed by atoms with Gasteiger partial charge in [0.15, 0.2) is 0 Å². The van der Waals surface area contributed by atoms with Gasteiger partial charge in [0.1, 0.15) is 5.76 Å². The number of ketones is 1. The maximum atomic E-state index is 12.7. The van der Waals surface area contributed by atoms with E-state index in [-0.39, 0.29) is 11.3 Å². The molecule has 0 aliphatic carbocycles. The van der Waals surface area contributed by atoms with Gasteiger partial charge in [0.05, 0.1) is 11.6 Å². The van der Waals surface area contributed by atoms with Crippen molar-refractivity contribution in [2.45, 2.75) is 32.7 Å². The number of benzene rings is 1. The first kappa shape index (κ1) is 17.9. The molecule has 5 heteroatoms. The van der Waals surface area contributed by atoms with E-state index < -0.39 is 17.7 Å². The zero-order valence-electron chi connectivity index (χ0n) is 15.0. The highest BCUT2D eigenvalue weighted by atomic mass is 16.3. The first-order valence-corrected chi connectivity index (χ1v) is 8.80. The second kappa shape index (κ2) is 7.52. The Morgan fingerprint density at radius 3 is 2.54 bits per heavy atom. The zero-order valence-corrected chi connectivity index (χ0v) is 15.0. The van der Waals surface area contributed by atoms with E-state index in [9.17, 15) is 14.7 Å². The number of hydrogen-bond acceptors (Lipinski definition) is 4. The number of aromatic nitrogens is 1. The molecule has 1 fully saturated rings. The Morgan fingerprint density at radius 1 is 1.19 bits per heavy atom. The van der Waals surface area contributed by atoms with Crippen molar-refractivity contribution in [3.63, 3.8) is 0 Å². The van der Waals surface area contributed by atoms with E-state index in [4.69, 9.17) is 0 Å². The fourth-order valence-corrected chi connectivity index (χ4v) is 3.19. The zero-order chi connectivity index (χ0) is 18.7. The standard InChI is InChI=1S/C21H22N2O3/c1-3-4-12-23-18(16-6-5-11-22-13-16)17(20(25)21(23)26)19(24)15-9-7-14(2)8-10-15/h5-11,13,18,24H,3-4,12H2,1-2H3/b19-17-. The molecule has 3 rings (SSSR count). The fraction of sp³-hybridized carbons (Fsp3) is 0.286. The van der Waals surface area contributed by atoms with Crippen LogP contribution in [0.5, 0.6) is 0 Å². The van der Waals surface area contributed by atoms with E-state index >= 15 is 0 Å². The van der Waals surface area contributed by atoms with Crippen molar-refractivity contribution in [3.8, 4) is 0 Å². The Kier molecular flexibility index (Phi) is 5.16. The lowest BCUT2D eigenvalue weighted by molar-refractivity contribution is -0.139. The number of nitrogens with zero attached hydrogens (tertiary/aromatic N) is 2. The van der Waals surface area contributed by atoms with Gasteiger partial charge >= 0.3 is 0 Å². The normalized spacial score (nSPS) is 19.2. The highest BCUT2D eigenvalue weighted by Crippen LogP contribution is 2.39. The summed E-state index contributed by atoms with van der Waals surface area (Å²) in [7, 11) is 0. The van der Waals surface area contributed by atoms with Crippen LogP contribution in [-0.4, -0.2) is 33.2 Å². The van der Waals surface area contributed by atoms with Gasteiger partial charge in [0.2, 0.25) is 0 Å². The van der Waals surface area contributed by atoms with Gasteiger partial charge in [-0.2, -0.15) is 0 Å². The number of likely N-dealkylation sites (tertiary alicyclic amines) is 1. The summed E-state index contributed by atoms with van der Waals surface area (Å²) in [5.41, 5.74) is 2.42. The van der Waals surface area contributed by atoms with Gasteiger partial charge in [0, 0.05) is 24.5 Å². The van der Waals surface area contributed by atoms with Crippen LogP contribution in [0.3, 0.4) is 0 Å². The number of Topliss-reactive ketones (excluding diaryl/α,β-unsaturated/α-hetero) is 1. The lowest BCUT2D eigenvalue weighted by atomic mass is 9.96. The van der Waals surface area contributed by atoms with E-state index in [1.165, 1.54) is 0 Å². The number of unbranched alkanes of at least 4 members (excludes halogenated alkanes) is 1. The molecule has 2 heterocycles. The molecule has 1 N–H and O–H groups in total. The Hall–Kier alpha value is -2.95. The Labute approximate surface area is 153 Å². The summed E-state index contributed by atoms with van der Waals surface area (Å²) in [5, 5.41) is 10.8. The highest BCUT2D eigenvalue weighted by molar-refractivity contribution is 6.46. The van der Waals surface area contributed by atoms with E-state index in [0.717, 1.165) is 24.0 Å². The number of hydrogen-bond donors (Lipinski definition) is 1. The largest absolute Gasteiger partial charge is 0.507 e. The van der Waals surface area contributed by atoms with Crippen LogP contribution in [0.25, 0.3) is 5.76 Å². The average molecular weight is 350 g/mol. The molecule has 1 unspecified atom stereocenters. The van der Waals surface area contributed by atoms with Crippen molar-refractivity contribution in [2.24, 2.45) is 0 Å². The summed E-state index contributed by atoms with van der Waals surface area (Å²) in [6.45, 7) is 4.44. The van der Waals surface area contributed by atoms with Crippen molar-refractivity contribution < 1.29 is 14.7 Å². The van der Waals surface area contributed by atoms with Gasteiger partial charge in [-0.25, -0.2) is 0 Å². The minimum absolute atomic E-state index is 0.128. The molecule has 1 aliphatic heterocycles. The van der Waals surface area contributed by atoms with E-state index in [0.29, 0.717) is 12.1 Å². The van der Waals surface area contributed by atoms with Crippen molar-refractivity contribution in [1.29, 1.82) is 0 Å². The molecular weight excluding hydrogens is 328 g/mol. The van der Waals surface area contributed by atoms with Crippen molar-refractivity contribution in [2.75, 3.05) is 6.54 Å². The number of aliphatic hydroxyl groups is 1. The fourth-order valence-electron chi connectivity index (χ4n) is 3.19. The Balaban J connectivity index is 2.14. The first-order chi connectivity index (χ1) is 12.5. The molecule has 0 bridgehead atoms. The maximum absolute atomic E-state index is 12.7. The number of amides is 1. The van der Waals surface area contributed by atoms with Crippen LogP contribution in [-0.2, 0) is 9.59 Å². The number of aliphatic hydroxyl groups excluding tert-OH is 1. The van der Waals surface area contributed by atoms with Crippen LogP contribution in [0, 0.1) is 6.92 Å². The van der Waals surface area contributed by atoms with Crippen LogP contribution in [0.2, 0.25) is 0 Å². The summed E-state index contributed by atoms with van der Waals surface area (Å²) in [6, 6.07) is 10.2. The van der Waals surface area contributed by atoms with Crippen molar-refractivity contribution >= 4 is 17.4 Å². The Morgan fingerprint density at radius 2 is 1.92 bits per heavy atom. The third-order valence-corrected chi connectivity index (χ3v) is 4.62. The summed E-state index contributed by atoms with van der Waals surface area (Å²) < 4.78 is 0. The molecule has 1 aromatic carbocycles. The van der Waals surface area contributed by atoms with Gasteiger partial charge < -0.3 is 10.0 Å². The average Bonchev–Trinajstić information content (AvgIpc) is 2.91. The molecule has 134 valence electrons. The maximum Gasteiger partial charge on any atom is 0.295 e. The molecule has 5 nitrogen and oxygen atoms in total. The highest BCUT2D eigenvalue weighted by Gasteiger charge is 2.45. The quantitative estimate of drug-likeness (QED) is 0.508. The minimum atomic E-state index is -0.645. The SMILES string of the molecule is CCCCN1C(=O)C(=O)/C(=C(\O)c2ccc(C)cc2)C1c1cccnc1. The first-order valence-electron chi connectivity index (χ1n) is 8.80. The molecule has 1 aromatic heterocycles. The van der Waals surface area contributed by atoms with Gasteiger partial charge in [-0.3, -0.25) is 14.6 Å². The second-order valence-corrected chi connectivity index (χ2v) is 6.50. The van der Waals surface area contributed by atoms with E-state index in [1.54, 1.807) is 35.5 Å². The minimum Gasteiger partial charge on any atom is -0.507 e. The predicted molar refractivity (Wildman–Crippen MR) is 99.3 cm³/mol. The summed E-state index contributed by atoms with van der Waals surface area (Å²) >= 11 is 0. The number of aryl methyl sites for hydroxylation is 1. The monoisotopic (exact) mass is 350 g/mol. The summed E-state index contributed by atoms with van der Waals surface area (Å²) in [4.78, 5) is 31.0. The molecule has 1 saturated heterocycles.